The van der Waals surface area contributed by atoms with Crippen LogP contribution in [0, 0.1) is 5.41 Å². The van der Waals surface area contributed by atoms with Gasteiger partial charge < -0.3 is 14.5 Å². The lowest BCUT2D eigenvalue weighted by Crippen LogP contribution is -2.71. The Hall–Kier alpha value is -3.03. The van der Waals surface area contributed by atoms with Gasteiger partial charge in [-0.05, 0) is 51.0 Å². The number of carbonyl (C=O) groups is 3. The van der Waals surface area contributed by atoms with Gasteiger partial charge in [-0.2, -0.15) is 0 Å². The van der Waals surface area contributed by atoms with Crippen LogP contribution >= 0.6 is 0 Å². The SMILES string of the molecule is CCC1(CC)C(=O)N(C(=O)CC(c2ccccc2)c2ccccc2)C1OCC(=O)N(C)CCCN(C)C. The number of imide groups is 1. The van der Waals surface area contributed by atoms with E-state index in [4.69, 9.17) is 4.74 Å². The number of hydrogen-bond donors (Lipinski definition) is 0. The lowest BCUT2D eigenvalue weighted by Gasteiger charge is -2.54. The first kappa shape index (κ1) is 28.5. The van der Waals surface area contributed by atoms with Crippen LogP contribution < -0.4 is 0 Å². The molecule has 7 heteroatoms. The minimum Gasteiger partial charge on any atom is -0.347 e. The van der Waals surface area contributed by atoms with E-state index in [9.17, 15) is 14.4 Å². The van der Waals surface area contributed by atoms with Crippen molar-refractivity contribution >= 4 is 17.7 Å². The Bertz CT molecular complexity index is 998. The summed E-state index contributed by atoms with van der Waals surface area (Å²) >= 11 is 0. The van der Waals surface area contributed by atoms with Gasteiger partial charge >= 0.3 is 0 Å². The highest BCUT2D eigenvalue weighted by molar-refractivity contribution is 6.04. The van der Waals surface area contributed by atoms with E-state index in [0.29, 0.717) is 19.4 Å². The quantitative estimate of drug-likeness (QED) is 0.381. The average molecular weight is 508 g/mol. The maximum absolute atomic E-state index is 13.6. The van der Waals surface area contributed by atoms with Gasteiger partial charge in [0.05, 0.1) is 5.41 Å². The Morgan fingerprint density at radius 2 is 1.46 bits per heavy atom. The van der Waals surface area contributed by atoms with Crippen LogP contribution in [0.5, 0.6) is 0 Å². The maximum Gasteiger partial charge on any atom is 0.248 e. The first-order valence-electron chi connectivity index (χ1n) is 13.2. The number of rotatable bonds is 13. The third kappa shape index (κ3) is 6.46. The third-order valence-electron chi connectivity index (χ3n) is 7.55. The fraction of sp³-hybridized carbons (Fsp3) is 0.500. The van der Waals surface area contributed by atoms with Crippen molar-refractivity contribution in [3.8, 4) is 0 Å². The second-order valence-electron chi connectivity index (χ2n) is 10.1. The largest absolute Gasteiger partial charge is 0.347 e. The van der Waals surface area contributed by atoms with Gasteiger partial charge in [0.2, 0.25) is 17.7 Å². The van der Waals surface area contributed by atoms with Crippen LogP contribution in [0.4, 0.5) is 0 Å². The van der Waals surface area contributed by atoms with Crippen LogP contribution in [0.3, 0.4) is 0 Å². The van der Waals surface area contributed by atoms with Crippen molar-refractivity contribution in [3.05, 3.63) is 71.8 Å². The van der Waals surface area contributed by atoms with E-state index in [0.717, 1.165) is 24.1 Å². The molecule has 1 heterocycles. The summed E-state index contributed by atoms with van der Waals surface area (Å²) in [5.74, 6) is -0.833. The third-order valence-corrected chi connectivity index (χ3v) is 7.55. The maximum atomic E-state index is 13.6. The summed E-state index contributed by atoms with van der Waals surface area (Å²) in [6.45, 7) is 5.21. The molecule has 3 rings (SSSR count). The van der Waals surface area contributed by atoms with E-state index in [1.807, 2.05) is 88.6 Å². The molecule has 3 amide bonds. The van der Waals surface area contributed by atoms with Crippen LogP contribution in [-0.2, 0) is 19.1 Å². The van der Waals surface area contributed by atoms with E-state index >= 15 is 0 Å². The van der Waals surface area contributed by atoms with Crippen molar-refractivity contribution in [2.45, 2.75) is 51.7 Å². The van der Waals surface area contributed by atoms with Gasteiger partial charge in [0.15, 0.2) is 6.23 Å². The fourth-order valence-corrected chi connectivity index (χ4v) is 5.09. The van der Waals surface area contributed by atoms with E-state index in [1.165, 1.54) is 4.90 Å². The van der Waals surface area contributed by atoms with Gasteiger partial charge in [-0.25, -0.2) is 0 Å². The van der Waals surface area contributed by atoms with E-state index < -0.39 is 11.6 Å². The van der Waals surface area contributed by atoms with E-state index in [1.54, 1.807) is 11.9 Å². The number of β-lactam (4-membered cyclic amide) rings is 1. The number of nitrogens with zero attached hydrogens (tertiary/aromatic N) is 3. The van der Waals surface area contributed by atoms with Gasteiger partial charge in [-0.1, -0.05) is 74.5 Å². The Balaban J connectivity index is 1.75. The molecule has 1 fully saturated rings. The summed E-state index contributed by atoms with van der Waals surface area (Å²) in [4.78, 5) is 44.7. The number of likely N-dealkylation sites (tertiary alicyclic amines) is 1. The first-order valence-corrected chi connectivity index (χ1v) is 13.2. The van der Waals surface area contributed by atoms with E-state index in [2.05, 4.69) is 4.90 Å². The Labute approximate surface area is 221 Å². The summed E-state index contributed by atoms with van der Waals surface area (Å²) in [5, 5.41) is 0. The summed E-state index contributed by atoms with van der Waals surface area (Å²) in [7, 11) is 5.76. The molecule has 1 aliphatic rings. The average Bonchev–Trinajstić information content (AvgIpc) is 2.90. The second-order valence-corrected chi connectivity index (χ2v) is 10.1. The molecule has 0 aromatic heterocycles. The van der Waals surface area contributed by atoms with Gasteiger partial charge in [0.25, 0.3) is 0 Å². The van der Waals surface area contributed by atoms with Crippen molar-refractivity contribution < 1.29 is 19.1 Å². The summed E-state index contributed by atoms with van der Waals surface area (Å²) < 4.78 is 6.07. The van der Waals surface area contributed by atoms with E-state index in [-0.39, 0.29) is 36.7 Å². The zero-order chi connectivity index (χ0) is 27.0. The molecule has 1 aliphatic heterocycles. The van der Waals surface area contributed by atoms with Crippen molar-refractivity contribution in [2.24, 2.45) is 5.41 Å². The normalized spacial score (nSPS) is 16.7. The lowest BCUT2D eigenvalue weighted by atomic mass is 9.71. The van der Waals surface area contributed by atoms with Gasteiger partial charge in [-0.15, -0.1) is 0 Å². The van der Waals surface area contributed by atoms with Gasteiger partial charge in [-0.3, -0.25) is 19.3 Å². The second kappa shape index (κ2) is 13.0. The van der Waals surface area contributed by atoms with Gasteiger partial charge in [0.1, 0.15) is 6.61 Å². The summed E-state index contributed by atoms with van der Waals surface area (Å²) in [6, 6.07) is 19.7. The molecule has 200 valence electrons. The predicted molar refractivity (Wildman–Crippen MR) is 145 cm³/mol. The number of ether oxygens (including phenoxy) is 1. The molecule has 37 heavy (non-hydrogen) atoms. The Kier molecular flexibility index (Phi) is 10.0. The smallest absolute Gasteiger partial charge is 0.248 e. The number of carbonyl (C=O) groups excluding carboxylic acids is 3. The number of amides is 3. The minimum atomic E-state index is -0.783. The molecule has 2 aromatic carbocycles. The highest BCUT2D eigenvalue weighted by Gasteiger charge is 2.61. The molecule has 1 saturated heterocycles. The highest BCUT2D eigenvalue weighted by Crippen LogP contribution is 2.46. The van der Waals surface area contributed by atoms with Crippen LogP contribution in [0.2, 0.25) is 0 Å². The Morgan fingerprint density at radius 3 is 1.95 bits per heavy atom. The Morgan fingerprint density at radius 1 is 0.919 bits per heavy atom. The number of benzene rings is 2. The molecule has 1 atom stereocenters. The zero-order valence-electron chi connectivity index (χ0n) is 22.9. The zero-order valence-corrected chi connectivity index (χ0v) is 22.9. The van der Waals surface area contributed by atoms with Crippen molar-refractivity contribution in [2.75, 3.05) is 40.8 Å². The van der Waals surface area contributed by atoms with Crippen LogP contribution in [0.15, 0.2) is 60.7 Å². The van der Waals surface area contributed by atoms with Crippen molar-refractivity contribution in [3.63, 3.8) is 0 Å². The first-order chi connectivity index (χ1) is 17.7. The molecule has 1 unspecified atom stereocenters. The molecule has 2 aromatic rings. The molecule has 0 aliphatic carbocycles. The van der Waals surface area contributed by atoms with Gasteiger partial charge in [0, 0.05) is 25.9 Å². The lowest BCUT2D eigenvalue weighted by molar-refractivity contribution is -0.223. The molecule has 0 spiro atoms. The number of hydrogen-bond acceptors (Lipinski definition) is 5. The monoisotopic (exact) mass is 507 g/mol. The minimum absolute atomic E-state index is 0.140. The van der Waals surface area contributed by atoms with Crippen LogP contribution in [-0.4, -0.2) is 79.5 Å². The van der Waals surface area contributed by atoms with Crippen LogP contribution in [0.1, 0.15) is 56.6 Å². The van der Waals surface area contributed by atoms with Crippen molar-refractivity contribution in [1.82, 2.24) is 14.7 Å². The predicted octanol–water partition coefficient (Wildman–Crippen LogP) is 4.14. The molecule has 0 N–H and O–H groups in total. The number of likely N-dealkylation sites (N-methyl/N-ethyl adjacent to an activating group) is 1. The highest BCUT2D eigenvalue weighted by atomic mass is 16.5. The molecule has 0 bridgehead atoms. The summed E-state index contributed by atoms with van der Waals surface area (Å²) in [5.41, 5.74) is 1.24. The van der Waals surface area contributed by atoms with Crippen molar-refractivity contribution in [1.29, 1.82) is 0 Å². The summed E-state index contributed by atoms with van der Waals surface area (Å²) in [6.07, 6.45) is 1.35. The molecular formula is C30H41N3O4. The topological polar surface area (TPSA) is 70.2 Å². The molecule has 0 radical (unpaired) electrons. The van der Waals surface area contributed by atoms with Crippen LogP contribution in [0.25, 0.3) is 0 Å². The fourth-order valence-electron chi connectivity index (χ4n) is 5.09. The molecule has 0 saturated carbocycles. The standard InChI is InChI=1S/C30H41N3O4/c1-6-30(7-2)28(36)33(29(30)37-22-27(35)32(5)20-14-19-31(3)4)26(34)21-25(23-15-10-8-11-16-23)24-17-12-9-13-18-24/h8-13,15-18,25,29H,6-7,14,19-22H2,1-5H3. The molecule has 7 nitrogen and oxygen atoms in total. The molecular weight excluding hydrogens is 466 g/mol.